The topological polar surface area (TPSA) is 58.6 Å². The van der Waals surface area contributed by atoms with Crippen molar-refractivity contribution in [2.24, 2.45) is 0 Å². The van der Waals surface area contributed by atoms with Crippen molar-refractivity contribution in [1.29, 1.82) is 0 Å². The van der Waals surface area contributed by atoms with Gasteiger partial charge in [0, 0.05) is 0 Å². The molecule has 1 aliphatic heterocycles. The van der Waals surface area contributed by atoms with Crippen molar-refractivity contribution >= 4 is 33.9 Å². The fourth-order valence-corrected chi connectivity index (χ4v) is 3.32. The molecule has 1 saturated heterocycles. The van der Waals surface area contributed by atoms with Crippen LogP contribution in [0, 0.1) is 6.92 Å². The molecule has 0 spiro atoms. The van der Waals surface area contributed by atoms with E-state index >= 15 is 0 Å². The van der Waals surface area contributed by atoms with E-state index in [0.717, 1.165) is 26.9 Å². The maximum absolute atomic E-state index is 12.6. The van der Waals surface area contributed by atoms with Crippen LogP contribution < -0.4 is 10.1 Å². The Hall–Kier alpha value is -2.60. The van der Waals surface area contributed by atoms with Crippen molar-refractivity contribution in [1.82, 2.24) is 10.2 Å². The van der Waals surface area contributed by atoms with Crippen LogP contribution in [0.5, 0.6) is 5.75 Å². The van der Waals surface area contributed by atoms with Gasteiger partial charge in [0.25, 0.3) is 5.91 Å². The number of hydrogen-bond donors (Lipinski definition) is 1. The van der Waals surface area contributed by atoms with Gasteiger partial charge in [-0.3, -0.25) is 9.69 Å². The Labute approximate surface area is 167 Å². The van der Waals surface area contributed by atoms with Crippen LogP contribution in [0.25, 0.3) is 6.08 Å². The van der Waals surface area contributed by atoms with Crippen LogP contribution in [-0.2, 0) is 11.3 Å². The molecule has 6 heteroatoms. The number of benzene rings is 2. The minimum atomic E-state index is -0.411. The Morgan fingerprint density at radius 2 is 1.96 bits per heavy atom. The lowest BCUT2D eigenvalue weighted by atomic mass is 10.1. The first-order valence-electron chi connectivity index (χ1n) is 8.70. The van der Waals surface area contributed by atoms with E-state index in [1.807, 2.05) is 63.2 Å². The van der Waals surface area contributed by atoms with Gasteiger partial charge in [0.1, 0.15) is 11.4 Å². The van der Waals surface area contributed by atoms with E-state index in [-0.39, 0.29) is 24.3 Å². The molecule has 2 aromatic carbocycles. The van der Waals surface area contributed by atoms with Gasteiger partial charge in [-0.1, -0.05) is 35.9 Å². The summed E-state index contributed by atoms with van der Waals surface area (Å²) in [6.45, 7) is 6.13. The van der Waals surface area contributed by atoms with E-state index in [0.29, 0.717) is 0 Å². The van der Waals surface area contributed by atoms with Crippen LogP contribution >= 0.6 is 15.9 Å². The summed E-state index contributed by atoms with van der Waals surface area (Å²) in [5.41, 5.74) is 3.05. The maximum Gasteiger partial charge on any atom is 0.329 e. The van der Waals surface area contributed by atoms with Gasteiger partial charge in [0.15, 0.2) is 0 Å². The molecule has 140 valence electrons. The van der Waals surface area contributed by atoms with Crippen LogP contribution in [0.3, 0.4) is 0 Å². The van der Waals surface area contributed by atoms with Crippen molar-refractivity contribution in [3.63, 3.8) is 0 Å². The summed E-state index contributed by atoms with van der Waals surface area (Å²) >= 11 is 3.48. The third-order valence-electron chi connectivity index (χ3n) is 4.02. The molecule has 1 heterocycles. The van der Waals surface area contributed by atoms with Crippen LogP contribution in [0.15, 0.2) is 52.6 Å². The predicted octanol–water partition coefficient (Wildman–Crippen LogP) is 4.64. The lowest BCUT2D eigenvalue weighted by Crippen LogP contribution is -2.30. The Morgan fingerprint density at radius 3 is 2.63 bits per heavy atom. The molecular formula is C21H21BrN2O3. The van der Waals surface area contributed by atoms with Gasteiger partial charge in [-0.25, -0.2) is 4.79 Å². The molecule has 0 atom stereocenters. The number of nitrogens with zero attached hydrogens (tertiary/aromatic N) is 1. The van der Waals surface area contributed by atoms with Gasteiger partial charge in [0.2, 0.25) is 0 Å². The SMILES string of the molecule is Cc1cccc(CN2C(=O)N/C(=C/c3ccc(OC(C)C)c(Br)c3)C2=O)c1. The Morgan fingerprint density at radius 1 is 1.19 bits per heavy atom. The van der Waals surface area contributed by atoms with E-state index in [1.54, 1.807) is 6.08 Å². The van der Waals surface area contributed by atoms with Crippen molar-refractivity contribution in [3.8, 4) is 5.75 Å². The van der Waals surface area contributed by atoms with E-state index in [9.17, 15) is 9.59 Å². The van der Waals surface area contributed by atoms with Crippen molar-refractivity contribution in [2.75, 3.05) is 0 Å². The number of carbonyl (C=O) groups is 2. The largest absolute Gasteiger partial charge is 0.490 e. The maximum atomic E-state index is 12.6. The normalized spacial score (nSPS) is 15.6. The van der Waals surface area contributed by atoms with E-state index in [1.165, 1.54) is 4.90 Å². The molecule has 0 saturated carbocycles. The summed E-state index contributed by atoms with van der Waals surface area (Å²) in [7, 11) is 0. The lowest BCUT2D eigenvalue weighted by molar-refractivity contribution is -0.123. The number of amides is 3. The number of imide groups is 1. The molecule has 1 N–H and O–H groups in total. The number of rotatable bonds is 5. The van der Waals surface area contributed by atoms with E-state index < -0.39 is 6.03 Å². The molecule has 3 rings (SSSR count). The molecule has 0 aliphatic carbocycles. The summed E-state index contributed by atoms with van der Waals surface area (Å²) in [5, 5.41) is 2.66. The number of hydrogen-bond acceptors (Lipinski definition) is 3. The summed E-state index contributed by atoms with van der Waals surface area (Å²) in [6.07, 6.45) is 1.73. The molecular weight excluding hydrogens is 408 g/mol. The third-order valence-corrected chi connectivity index (χ3v) is 4.63. The summed E-state index contributed by atoms with van der Waals surface area (Å²) < 4.78 is 6.48. The second kappa shape index (κ2) is 7.96. The average Bonchev–Trinajstić information content (AvgIpc) is 2.85. The van der Waals surface area contributed by atoms with Crippen molar-refractivity contribution in [2.45, 2.75) is 33.4 Å². The number of carbonyl (C=O) groups excluding carboxylic acids is 2. The second-order valence-corrected chi connectivity index (χ2v) is 7.58. The standard InChI is InChI=1S/C21H21BrN2O3/c1-13(2)27-19-8-7-15(10-17(19)22)11-18-20(25)24(21(26)23-18)12-16-6-4-5-14(3)9-16/h4-11,13H,12H2,1-3H3,(H,23,26)/b18-11+. The van der Waals surface area contributed by atoms with Crippen LogP contribution in [-0.4, -0.2) is 22.9 Å². The van der Waals surface area contributed by atoms with Crippen LogP contribution in [0.2, 0.25) is 0 Å². The number of urea groups is 1. The average molecular weight is 429 g/mol. The molecule has 0 bridgehead atoms. The third kappa shape index (κ3) is 4.57. The zero-order valence-electron chi connectivity index (χ0n) is 15.5. The highest BCUT2D eigenvalue weighted by atomic mass is 79.9. The predicted molar refractivity (Wildman–Crippen MR) is 108 cm³/mol. The monoisotopic (exact) mass is 428 g/mol. The fraction of sp³-hybridized carbons (Fsp3) is 0.238. The zero-order chi connectivity index (χ0) is 19.6. The minimum absolute atomic E-state index is 0.0661. The molecule has 0 unspecified atom stereocenters. The molecule has 5 nitrogen and oxygen atoms in total. The van der Waals surface area contributed by atoms with Gasteiger partial charge < -0.3 is 10.1 Å². The van der Waals surface area contributed by atoms with Gasteiger partial charge in [-0.05, 0) is 66.0 Å². The molecule has 0 aromatic heterocycles. The molecule has 27 heavy (non-hydrogen) atoms. The first kappa shape index (κ1) is 19.2. The van der Waals surface area contributed by atoms with Crippen molar-refractivity contribution in [3.05, 3.63) is 69.3 Å². The zero-order valence-corrected chi connectivity index (χ0v) is 17.0. The molecule has 3 amide bonds. The summed E-state index contributed by atoms with van der Waals surface area (Å²) in [6, 6.07) is 12.9. The summed E-state index contributed by atoms with van der Waals surface area (Å²) in [5.74, 6) is 0.398. The quantitative estimate of drug-likeness (QED) is 0.557. The molecule has 1 aliphatic rings. The van der Waals surface area contributed by atoms with Gasteiger partial charge >= 0.3 is 6.03 Å². The highest BCUT2D eigenvalue weighted by Gasteiger charge is 2.33. The van der Waals surface area contributed by atoms with Gasteiger partial charge in [0.05, 0.1) is 17.1 Å². The van der Waals surface area contributed by atoms with E-state index in [4.69, 9.17) is 4.74 Å². The number of ether oxygens (including phenoxy) is 1. The fourth-order valence-electron chi connectivity index (χ4n) is 2.83. The van der Waals surface area contributed by atoms with Crippen molar-refractivity contribution < 1.29 is 14.3 Å². The first-order valence-corrected chi connectivity index (χ1v) is 9.49. The number of nitrogens with one attached hydrogen (secondary N) is 1. The number of aryl methyl sites for hydroxylation is 1. The Balaban J connectivity index is 1.79. The Bertz CT molecular complexity index is 921. The van der Waals surface area contributed by atoms with Gasteiger partial charge in [-0.15, -0.1) is 0 Å². The van der Waals surface area contributed by atoms with Crippen LogP contribution in [0.1, 0.15) is 30.5 Å². The van der Waals surface area contributed by atoms with E-state index in [2.05, 4.69) is 21.2 Å². The number of halogens is 1. The van der Waals surface area contributed by atoms with Crippen LogP contribution in [0.4, 0.5) is 4.79 Å². The highest BCUT2D eigenvalue weighted by molar-refractivity contribution is 9.10. The first-order chi connectivity index (χ1) is 12.8. The Kier molecular flexibility index (Phi) is 5.65. The highest BCUT2D eigenvalue weighted by Crippen LogP contribution is 2.28. The van der Waals surface area contributed by atoms with Gasteiger partial charge in [-0.2, -0.15) is 0 Å². The smallest absolute Gasteiger partial charge is 0.329 e. The minimum Gasteiger partial charge on any atom is -0.490 e. The second-order valence-electron chi connectivity index (χ2n) is 6.72. The molecule has 1 fully saturated rings. The molecule has 2 aromatic rings. The summed E-state index contributed by atoms with van der Waals surface area (Å²) in [4.78, 5) is 26.1. The molecule has 0 radical (unpaired) electrons. The lowest BCUT2D eigenvalue weighted by Gasteiger charge is -2.12.